The summed E-state index contributed by atoms with van der Waals surface area (Å²) in [6.45, 7) is 26.5. The number of rotatable bonds is 4. The predicted octanol–water partition coefficient (Wildman–Crippen LogP) is 5.86. The second kappa shape index (κ2) is 7.28. The largest absolute Gasteiger partial charge is 0.0992 e. The third-order valence-electron chi connectivity index (χ3n) is 6.26. The van der Waals surface area contributed by atoms with Crippen LogP contribution in [0.15, 0.2) is 40.1 Å². The summed E-state index contributed by atoms with van der Waals surface area (Å²) >= 11 is 0. The van der Waals surface area contributed by atoms with Crippen LogP contribution < -0.4 is 10.4 Å². The molecule has 0 bridgehead atoms. The standard InChI is InChI=1S/C24H40Si2/c1-16-12-21(14-22(13-16)26(9,10)11)25(15-24(6,7)8)23-19(4)17(2)18(3)20(23)5/h12-14,19,25H,15H2,1-11H3. The average Bonchev–Trinajstić information content (AvgIpc) is 2.67. The van der Waals surface area contributed by atoms with Crippen molar-refractivity contribution in [3.8, 4) is 0 Å². The van der Waals surface area contributed by atoms with Crippen molar-refractivity contribution in [3.05, 3.63) is 45.7 Å². The lowest BCUT2D eigenvalue weighted by Crippen LogP contribution is -2.44. The number of hydrogen-bond donors (Lipinski definition) is 0. The molecule has 0 N–H and O–H groups in total. The molecular formula is C24H40Si2. The van der Waals surface area contributed by atoms with Crippen LogP contribution in [-0.4, -0.2) is 16.9 Å². The summed E-state index contributed by atoms with van der Waals surface area (Å²) in [6.07, 6.45) is 0. The van der Waals surface area contributed by atoms with E-state index in [1.54, 1.807) is 27.1 Å². The molecule has 0 amide bonds. The van der Waals surface area contributed by atoms with Crippen LogP contribution in [0.2, 0.25) is 25.7 Å². The van der Waals surface area contributed by atoms with Crippen LogP contribution in [-0.2, 0) is 0 Å². The zero-order chi connectivity index (χ0) is 20.0. The molecule has 1 aliphatic rings. The minimum Gasteiger partial charge on any atom is -0.0690 e. The summed E-state index contributed by atoms with van der Waals surface area (Å²) < 4.78 is 0. The molecule has 0 spiro atoms. The van der Waals surface area contributed by atoms with Gasteiger partial charge in [-0.1, -0.05) is 97.8 Å². The Morgan fingerprint density at radius 3 is 1.92 bits per heavy atom. The quantitative estimate of drug-likeness (QED) is 0.570. The smallest absolute Gasteiger partial charge is 0.0690 e. The fourth-order valence-electron chi connectivity index (χ4n) is 4.42. The van der Waals surface area contributed by atoms with Crippen molar-refractivity contribution in [3.63, 3.8) is 0 Å². The summed E-state index contributed by atoms with van der Waals surface area (Å²) in [5, 5.41) is 5.12. The fourth-order valence-corrected chi connectivity index (χ4v) is 10.3. The van der Waals surface area contributed by atoms with E-state index in [9.17, 15) is 0 Å². The van der Waals surface area contributed by atoms with E-state index in [2.05, 4.69) is 93.2 Å². The lowest BCUT2D eigenvalue weighted by molar-refractivity contribution is 0.465. The molecule has 0 saturated carbocycles. The maximum Gasteiger partial charge on any atom is 0.0992 e. The van der Waals surface area contributed by atoms with E-state index in [4.69, 9.17) is 0 Å². The van der Waals surface area contributed by atoms with E-state index < -0.39 is 16.9 Å². The molecule has 26 heavy (non-hydrogen) atoms. The second-order valence-electron chi connectivity index (χ2n) is 10.8. The molecular weight excluding hydrogens is 344 g/mol. The molecule has 2 heteroatoms. The predicted molar refractivity (Wildman–Crippen MR) is 125 cm³/mol. The van der Waals surface area contributed by atoms with Crippen molar-refractivity contribution in [2.24, 2.45) is 11.3 Å². The van der Waals surface area contributed by atoms with Gasteiger partial charge in [-0.25, -0.2) is 0 Å². The third kappa shape index (κ3) is 4.51. The summed E-state index contributed by atoms with van der Waals surface area (Å²) in [6, 6.07) is 8.92. The molecule has 2 atom stereocenters. The highest BCUT2D eigenvalue weighted by Crippen LogP contribution is 2.40. The minimum atomic E-state index is -1.31. The van der Waals surface area contributed by atoms with Crippen LogP contribution in [0.3, 0.4) is 0 Å². The Labute approximate surface area is 165 Å². The fraction of sp³-hybridized carbons (Fsp3) is 0.583. The van der Waals surface area contributed by atoms with Crippen LogP contribution in [0.5, 0.6) is 0 Å². The van der Waals surface area contributed by atoms with Gasteiger partial charge in [0.05, 0.1) is 16.9 Å². The Morgan fingerprint density at radius 1 is 0.923 bits per heavy atom. The SMILES string of the molecule is CC1=C(C)C(C)C([SiH](CC(C)(C)C)c2cc(C)cc([Si](C)(C)C)c2)=C1C. The molecule has 0 aromatic heterocycles. The van der Waals surface area contributed by atoms with Crippen LogP contribution >= 0.6 is 0 Å². The molecule has 2 unspecified atom stereocenters. The zero-order valence-electron chi connectivity index (χ0n) is 19.1. The monoisotopic (exact) mass is 384 g/mol. The van der Waals surface area contributed by atoms with E-state index in [-0.39, 0.29) is 0 Å². The molecule has 0 heterocycles. The van der Waals surface area contributed by atoms with Crippen LogP contribution in [0.1, 0.15) is 54.0 Å². The van der Waals surface area contributed by atoms with Gasteiger partial charge in [0.25, 0.3) is 0 Å². The minimum absolute atomic E-state index is 0.372. The van der Waals surface area contributed by atoms with Crippen molar-refractivity contribution in [1.82, 2.24) is 0 Å². The Balaban J connectivity index is 2.64. The average molecular weight is 385 g/mol. The van der Waals surface area contributed by atoms with E-state index in [0.717, 1.165) is 0 Å². The van der Waals surface area contributed by atoms with Crippen molar-refractivity contribution in [2.75, 3.05) is 0 Å². The van der Waals surface area contributed by atoms with Gasteiger partial charge in [0.2, 0.25) is 0 Å². The topological polar surface area (TPSA) is 0 Å². The van der Waals surface area contributed by atoms with E-state index in [1.165, 1.54) is 11.6 Å². The Bertz CT molecular complexity index is 751. The summed E-state index contributed by atoms with van der Waals surface area (Å²) in [5.41, 5.74) is 6.58. The first-order valence-corrected chi connectivity index (χ1v) is 15.7. The van der Waals surface area contributed by atoms with Gasteiger partial charge in [-0.05, 0) is 50.6 Å². The first-order chi connectivity index (χ1) is 11.7. The van der Waals surface area contributed by atoms with Crippen LogP contribution in [0.25, 0.3) is 0 Å². The summed E-state index contributed by atoms with van der Waals surface area (Å²) in [4.78, 5) is 0. The van der Waals surface area contributed by atoms with Gasteiger partial charge in [0, 0.05) is 0 Å². The van der Waals surface area contributed by atoms with E-state index in [0.29, 0.717) is 11.3 Å². The van der Waals surface area contributed by atoms with Gasteiger partial charge in [-0.15, -0.1) is 0 Å². The summed E-state index contributed by atoms with van der Waals surface area (Å²) in [7, 11) is -2.54. The maximum atomic E-state index is 2.61. The van der Waals surface area contributed by atoms with Crippen molar-refractivity contribution in [1.29, 1.82) is 0 Å². The Kier molecular flexibility index (Phi) is 6.00. The van der Waals surface area contributed by atoms with Crippen LogP contribution in [0.4, 0.5) is 0 Å². The number of allylic oxidation sites excluding steroid dienone is 4. The molecule has 1 aliphatic carbocycles. The molecule has 0 aliphatic heterocycles. The zero-order valence-corrected chi connectivity index (χ0v) is 21.2. The lowest BCUT2D eigenvalue weighted by atomic mass is 10.0. The van der Waals surface area contributed by atoms with Crippen molar-refractivity contribution in [2.45, 2.75) is 81.1 Å². The first kappa shape index (κ1) is 21.4. The van der Waals surface area contributed by atoms with Crippen molar-refractivity contribution < 1.29 is 0 Å². The second-order valence-corrected chi connectivity index (χ2v) is 18.7. The summed E-state index contributed by atoms with van der Waals surface area (Å²) in [5.74, 6) is 0.630. The molecule has 0 nitrogen and oxygen atoms in total. The Hall–Kier alpha value is -0.866. The lowest BCUT2D eigenvalue weighted by Gasteiger charge is -2.31. The van der Waals surface area contributed by atoms with Crippen LogP contribution in [0, 0.1) is 18.3 Å². The highest BCUT2D eigenvalue weighted by Gasteiger charge is 2.34. The van der Waals surface area contributed by atoms with E-state index >= 15 is 0 Å². The number of benzene rings is 1. The molecule has 1 aromatic rings. The highest BCUT2D eigenvalue weighted by atomic mass is 28.3. The molecule has 1 aromatic carbocycles. The normalized spacial score (nSPS) is 20.2. The highest BCUT2D eigenvalue weighted by molar-refractivity contribution is 6.89. The van der Waals surface area contributed by atoms with Gasteiger partial charge in [0.15, 0.2) is 0 Å². The van der Waals surface area contributed by atoms with Gasteiger partial charge in [-0.3, -0.25) is 0 Å². The third-order valence-corrected chi connectivity index (χ3v) is 12.7. The molecule has 0 fully saturated rings. The molecule has 0 radical (unpaired) electrons. The Morgan fingerprint density at radius 2 is 1.50 bits per heavy atom. The van der Waals surface area contributed by atoms with Gasteiger partial charge in [0.1, 0.15) is 0 Å². The van der Waals surface area contributed by atoms with Crippen molar-refractivity contribution >= 4 is 27.2 Å². The molecule has 0 saturated heterocycles. The first-order valence-electron chi connectivity index (χ1n) is 10.2. The molecule has 144 valence electrons. The number of aryl methyl sites for hydroxylation is 1. The van der Waals surface area contributed by atoms with Gasteiger partial charge in [-0.2, -0.15) is 0 Å². The number of hydrogen-bond acceptors (Lipinski definition) is 0. The maximum absolute atomic E-state index is 2.61. The van der Waals surface area contributed by atoms with Gasteiger partial charge < -0.3 is 0 Å². The molecule has 2 rings (SSSR count). The van der Waals surface area contributed by atoms with E-state index in [1.807, 2.05) is 5.20 Å². The van der Waals surface area contributed by atoms with Gasteiger partial charge >= 0.3 is 0 Å².